The second-order valence-corrected chi connectivity index (χ2v) is 7.80. The fourth-order valence-electron chi connectivity index (χ4n) is 3.68. The highest BCUT2D eigenvalue weighted by Crippen LogP contribution is 2.41. The molecule has 1 saturated heterocycles. The Kier molecular flexibility index (Phi) is 5.73. The first-order valence-corrected chi connectivity index (χ1v) is 9.27. The lowest BCUT2D eigenvalue weighted by Crippen LogP contribution is -2.45. The van der Waals surface area contributed by atoms with E-state index in [1.807, 2.05) is 26.0 Å². The number of fused-ring (bicyclic) bond motifs is 1. The van der Waals surface area contributed by atoms with Gasteiger partial charge in [0.25, 0.3) is 0 Å². The molecule has 1 N–H and O–H groups in total. The quantitative estimate of drug-likeness (QED) is 0.770. The Morgan fingerprint density at radius 1 is 1.32 bits per heavy atom. The molecule has 3 nitrogen and oxygen atoms in total. The molecule has 0 aromatic heterocycles. The monoisotopic (exact) mass is 394 g/mol. The van der Waals surface area contributed by atoms with Crippen LogP contribution in [0.5, 0.6) is 0 Å². The normalized spacial score (nSPS) is 25.7. The van der Waals surface area contributed by atoms with Gasteiger partial charge in [-0.15, -0.1) is 0 Å². The molecule has 1 fully saturated rings. The van der Waals surface area contributed by atoms with Crippen molar-refractivity contribution in [3.8, 4) is 0 Å². The van der Waals surface area contributed by atoms with E-state index in [1.165, 1.54) is 18.2 Å². The molecule has 0 spiro atoms. The summed E-state index contributed by atoms with van der Waals surface area (Å²) in [5.74, 6) is 0.418. The lowest BCUT2D eigenvalue weighted by atomic mass is 9.79. The second kappa shape index (κ2) is 7.76. The van der Waals surface area contributed by atoms with Gasteiger partial charge in [0.2, 0.25) is 0 Å². The van der Waals surface area contributed by atoms with Crippen LogP contribution in [0.4, 0.5) is 13.2 Å². The van der Waals surface area contributed by atoms with Gasteiger partial charge < -0.3 is 14.6 Å². The van der Waals surface area contributed by atoms with E-state index in [0.29, 0.717) is 5.56 Å². The Morgan fingerprint density at radius 2 is 2.07 bits per heavy atom. The molecule has 2 aliphatic rings. The van der Waals surface area contributed by atoms with E-state index < -0.39 is 17.8 Å². The van der Waals surface area contributed by atoms with Crippen molar-refractivity contribution < 1.29 is 27.8 Å². The number of allylic oxidation sites excluding steroid dienone is 1. The molecule has 3 atom stereocenters. The molecule has 1 aromatic carbocycles. The van der Waals surface area contributed by atoms with Crippen LogP contribution in [-0.4, -0.2) is 30.0 Å². The van der Waals surface area contributed by atoms with E-state index in [1.54, 1.807) is 13.2 Å². The number of benzene rings is 1. The number of ether oxygens (including phenoxy) is 2. The Balaban J connectivity index is 1.80. The number of hydrogen-bond acceptors (Lipinski definition) is 3. The van der Waals surface area contributed by atoms with Gasteiger partial charge in [-0.2, -0.15) is 13.2 Å². The van der Waals surface area contributed by atoms with Gasteiger partial charge in [-0.05, 0) is 50.5 Å². The number of rotatable bonds is 4. The van der Waals surface area contributed by atoms with Crippen LogP contribution in [0.3, 0.4) is 0 Å². The predicted molar refractivity (Wildman–Crippen MR) is 101 cm³/mol. The van der Waals surface area contributed by atoms with Gasteiger partial charge >= 0.3 is 6.18 Å². The standard InChI is InChI=1S/C22H25F3O3/c1-21(2)12-11-17-19(27-3)10-8-16(20(17)28-21)18(26)9-7-14-5-4-6-15(13-14)22(23,24)25/h4-10,13,16,18,20,26H,11-12H2,1-3H3/b9-7+. The minimum atomic E-state index is -4.40. The number of hydrogen-bond donors (Lipinski definition) is 1. The molecular formula is C22H25F3O3. The summed E-state index contributed by atoms with van der Waals surface area (Å²) in [6, 6.07) is 5.02. The summed E-state index contributed by atoms with van der Waals surface area (Å²) < 4.78 is 50.3. The molecule has 3 unspecified atom stereocenters. The van der Waals surface area contributed by atoms with Gasteiger partial charge in [-0.3, -0.25) is 0 Å². The van der Waals surface area contributed by atoms with E-state index in [4.69, 9.17) is 9.47 Å². The summed E-state index contributed by atoms with van der Waals surface area (Å²) in [5.41, 5.74) is 0.364. The third-order valence-corrected chi connectivity index (χ3v) is 5.24. The fraction of sp³-hybridized carbons (Fsp3) is 0.455. The smallest absolute Gasteiger partial charge is 0.416 e. The summed E-state index contributed by atoms with van der Waals surface area (Å²) >= 11 is 0. The van der Waals surface area contributed by atoms with Gasteiger partial charge in [0.05, 0.1) is 30.5 Å². The number of aliphatic hydroxyl groups excluding tert-OH is 1. The maximum absolute atomic E-state index is 12.9. The van der Waals surface area contributed by atoms with Gasteiger partial charge in [0, 0.05) is 11.5 Å². The number of alkyl halides is 3. The van der Waals surface area contributed by atoms with Crippen LogP contribution in [0.1, 0.15) is 37.8 Å². The number of halogens is 3. The predicted octanol–water partition coefficient (Wildman–Crippen LogP) is 5.12. The molecule has 28 heavy (non-hydrogen) atoms. The van der Waals surface area contributed by atoms with Gasteiger partial charge in [-0.1, -0.05) is 30.4 Å². The summed E-state index contributed by atoms with van der Waals surface area (Å²) in [6.07, 6.45) is 2.74. The van der Waals surface area contributed by atoms with Crippen molar-refractivity contribution in [1.82, 2.24) is 0 Å². The van der Waals surface area contributed by atoms with Crippen molar-refractivity contribution in [2.24, 2.45) is 5.92 Å². The van der Waals surface area contributed by atoms with Crippen LogP contribution in [0, 0.1) is 5.92 Å². The van der Waals surface area contributed by atoms with Crippen molar-refractivity contribution in [3.05, 3.63) is 65.0 Å². The summed E-state index contributed by atoms with van der Waals surface area (Å²) in [5, 5.41) is 10.7. The maximum atomic E-state index is 12.9. The largest absolute Gasteiger partial charge is 0.497 e. The maximum Gasteiger partial charge on any atom is 0.416 e. The molecule has 6 heteroatoms. The lowest BCUT2D eigenvalue weighted by Gasteiger charge is -2.43. The minimum Gasteiger partial charge on any atom is -0.497 e. The van der Waals surface area contributed by atoms with E-state index in [0.717, 1.165) is 36.3 Å². The molecule has 0 radical (unpaired) electrons. The summed E-state index contributed by atoms with van der Waals surface area (Å²) in [6.45, 7) is 4.02. The lowest BCUT2D eigenvalue weighted by molar-refractivity contribution is -0.137. The van der Waals surface area contributed by atoms with Crippen molar-refractivity contribution in [2.75, 3.05) is 7.11 Å². The second-order valence-electron chi connectivity index (χ2n) is 7.80. The van der Waals surface area contributed by atoms with Gasteiger partial charge in [0.15, 0.2) is 0 Å². The minimum absolute atomic E-state index is 0.319. The topological polar surface area (TPSA) is 38.7 Å². The molecule has 1 aromatic rings. The van der Waals surface area contributed by atoms with Crippen LogP contribution in [-0.2, 0) is 15.7 Å². The fourth-order valence-corrected chi connectivity index (χ4v) is 3.68. The van der Waals surface area contributed by atoms with Crippen LogP contribution in [0.15, 0.2) is 53.8 Å². The van der Waals surface area contributed by atoms with Crippen molar-refractivity contribution >= 4 is 6.08 Å². The highest BCUT2D eigenvalue weighted by atomic mass is 19.4. The third-order valence-electron chi connectivity index (χ3n) is 5.24. The highest BCUT2D eigenvalue weighted by molar-refractivity contribution is 5.51. The van der Waals surface area contributed by atoms with E-state index in [-0.39, 0.29) is 17.6 Å². The first-order valence-electron chi connectivity index (χ1n) is 9.27. The van der Waals surface area contributed by atoms with Crippen molar-refractivity contribution in [2.45, 2.75) is 50.7 Å². The summed E-state index contributed by atoms with van der Waals surface area (Å²) in [4.78, 5) is 0. The van der Waals surface area contributed by atoms with Crippen molar-refractivity contribution in [3.63, 3.8) is 0 Å². The Hall–Kier alpha value is -2.05. The molecule has 152 valence electrons. The average Bonchev–Trinajstić information content (AvgIpc) is 2.64. The Morgan fingerprint density at radius 3 is 2.75 bits per heavy atom. The van der Waals surface area contributed by atoms with Crippen LogP contribution in [0.2, 0.25) is 0 Å². The zero-order valence-electron chi connectivity index (χ0n) is 16.2. The summed E-state index contributed by atoms with van der Waals surface area (Å²) in [7, 11) is 1.60. The first-order chi connectivity index (χ1) is 13.1. The van der Waals surface area contributed by atoms with Crippen LogP contribution in [0.25, 0.3) is 6.08 Å². The average molecular weight is 394 g/mol. The first kappa shape index (κ1) is 20.7. The molecule has 1 aliphatic carbocycles. The molecule has 1 heterocycles. The molecule has 3 rings (SSSR count). The van der Waals surface area contributed by atoms with Crippen LogP contribution >= 0.6 is 0 Å². The van der Waals surface area contributed by atoms with Crippen LogP contribution < -0.4 is 0 Å². The molecule has 0 amide bonds. The Bertz CT molecular complexity index is 805. The molecular weight excluding hydrogens is 369 g/mol. The van der Waals surface area contributed by atoms with E-state index in [9.17, 15) is 18.3 Å². The third kappa shape index (κ3) is 4.50. The van der Waals surface area contributed by atoms with Gasteiger partial charge in [0.1, 0.15) is 5.76 Å². The number of aliphatic hydroxyl groups is 1. The zero-order chi connectivity index (χ0) is 20.5. The molecule has 0 saturated carbocycles. The Labute approximate surface area is 163 Å². The highest BCUT2D eigenvalue weighted by Gasteiger charge is 2.41. The molecule has 1 aliphatic heterocycles. The number of methoxy groups -OCH3 is 1. The molecule has 0 bridgehead atoms. The zero-order valence-corrected chi connectivity index (χ0v) is 16.2. The van der Waals surface area contributed by atoms with E-state index in [2.05, 4.69) is 0 Å². The SMILES string of the molecule is COC1=C2CCC(C)(C)OC2C(C(O)/C=C/c2cccc(C(F)(F)F)c2)C=C1. The van der Waals surface area contributed by atoms with Crippen molar-refractivity contribution in [1.29, 1.82) is 0 Å². The van der Waals surface area contributed by atoms with E-state index >= 15 is 0 Å². The van der Waals surface area contributed by atoms with Gasteiger partial charge in [-0.25, -0.2) is 0 Å².